The van der Waals surface area contributed by atoms with E-state index in [-0.39, 0.29) is 16.7 Å². The summed E-state index contributed by atoms with van der Waals surface area (Å²) >= 11 is 0. The Labute approximate surface area is 143 Å². The van der Waals surface area contributed by atoms with E-state index in [1.54, 1.807) is 12.1 Å². The predicted molar refractivity (Wildman–Crippen MR) is 95.0 cm³/mol. The van der Waals surface area contributed by atoms with Crippen LogP contribution in [0.1, 0.15) is 19.6 Å². The number of hydrogen-bond acceptors (Lipinski definition) is 6. The summed E-state index contributed by atoms with van der Waals surface area (Å²) in [7, 11) is 0. The number of benzene rings is 1. The van der Waals surface area contributed by atoms with Crippen molar-refractivity contribution in [1.82, 2.24) is 0 Å². The zero-order chi connectivity index (χ0) is 18.0. The van der Waals surface area contributed by atoms with Crippen LogP contribution >= 0.6 is 0 Å². The fraction of sp³-hybridized carbons (Fsp3) is 0.211. The van der Waals surface area contributed by atoms with Crippen LogP contribution in [0.25, 0.3) is 28.0 Å². The van der Waals surface area contributed by atoms with Crippen molar-refractivity contribution in [3.63, 3.8) is 0 Å². The normalized spacial score (nSPS) is 10.4. The Hall–Kier alpha value is -3.51. The summed E-state index contributed by atoms with van der Waals surface area (Å²) < 4.78 is 11.1. The lowest BCUT2D eigenvalue weighted by Gasteiger charge is -2.20. The molecule has 0 radical (unpaired) electrons. The summed E-state index contributed by atoms with van der Waals surface area (Å²) in [6, 6.07) is 10.6. The van der Waals surface area contributed by atoms with Gasteiger partial charge in [0.05, 0.1) is 5.39 Å². The zero-order valence-corrected chi connectivity index (χ0v) is 13.9. The number of anilines is 1. The van der Waals surface area contributed by atoms with Gasteiger partial charge in [0.15, 0.2) is 5.58 Å². The van der Waals surface area contributed by atoms with Crippen molar-refractivity contribution in [2.75, 3.05) is 18.0 Å². The fourth-order valence-corrected chi connectivity index (χ4v) is 2.79. The van der Waals surface area contributed by atoms with Crippen molar-refractivity contribution in [3.05, 3.63) is 46.0 Å². The molecule has 0 bridgehead atoms. The third kappa shape index (κ3) is 2.86. The smallest absolute Gasteiger partial charge is 0.347 e. The second-order valence-corrected chi connectivity index (χ2v) is 5.42. The van der Waals surface area contributed by atoms with Gasteiger partial charge in [0, 0.05) is 30.9 Å². The van der Waals surface area contributed by atoms with Crippen molar-refractivity contribution in [2.24, 2.45) is 0 Å². The molecule has 0 N–H and O–H groups in total. The molecule has 25 heavy (non-hydrogen) atoms. The molecule has 0 aliphatic rings. The molecule has 0 amide bonds. The topological polar surface area (TPSA) is 94.2 Å². The van der Waals surface area contributed by atoms with Gasteiger partial charge in [-0.2, -0.15) is 10.5 Å². The summed E-state index contributed by atoms with van der Waals surface area (Å²) in [5.41, 5.74) is 1.17. The van der Waals surface area contributed by atoms with Crippen LogP contribution in [0.5, 0.6) is 0 Å². The van der Waals surface area contributed by atoms with Crippen molar-refractivity contribution in [3.8, 4) is 12.1 Å². The molecule has 0 unspecified atom stereocenters. The second-order valence-electron chi connectivity index (χ2n) is 5.42. The van der Waals surface area contributed by atoms with Gasteiger partial charge >= 0.3 is 5.63 Å². The molecule has 124 valence electrons. The quantitative estimate of drug-likeness (QED) is 0.532. The summed E-state index contributed by atoms with van der Waals surface area (Å²) in [4.78, 5) is 14.4. The fourth-order valence-electron chi connectivity index (χ4n) is 2.79. The van der Waals surface area contributed by atoms with Gasteiger partial charge in [-0.1, -0.05) is 0 Å². The van der Waals surface area contributed by atoms with Gasteiger partial charge in [-0.25, -0.2) is 4.79 Å². The average Bonchev–Trinajstić information content (AvgIpc) is 3.05. The number of fused-ring (bicyclic) bond motifs is 3. The molecule has 6 heteroatoms. The molecule has 2 aromatic heterocycles. The van der Waals surface area contributed by atoms with Crippen LogP contribution < -0.4 is 10.5 Å². The molecule has 6 nitrogen and oxygen atoms in total. The summed E-state index contributed by atoms with van der Waals surface area (Å²) in [5, 5.41) is 18.7. The highest BCUT2D eigenvalue weighted by molar-refractivity contribution is 6.02. The van der Waals surface area contributed by atoms with E-state index < -0.39 is 5.63 Å². The number of furan rings is 1. The van der Waals surface area contributed by atoms with Crippen molar-refractivity contribution >= 4 is 33.7 Å². The molecule has 0 saturated heterocycles. The van der Waals surface area contributed by atoms with E-state index in [4.69, 9.17) is 19.4 Å². The van der Waals surface area contributed by atoms with Crippen LogP contribution in [0.2, 0.25) is 0 Å². The Kier molecular flexibility index (Phi) is 4.28. The minimum Gasteiger partial charge on any atom is -0.456 e. The van der Waals surface area contributed by atoms with Crippen molar-refractivity contribution in [1.29, 1.82) is 10.5 Å². The Morgan fingerprint density at radius 3 is 2.48 bits per heavy atom. The predicted octanol–water partition coefficient (Wildman–Crippen LogP) is 3.82. The molecule has 0 aliphatic carbocycles. The molecule has 0 fully saturated rings. The number of rotatable bonds is 4. The molecule has 0 aliphatic heterocycles. The number of nitriles is 2. The van der Waals surface area contributed by atoms with Crippen LogP contribution in [-0.2, 0) is 0 Å². The minimum absolute atomic E-state index is 0.100. The lowest BCUT2D eigenvalue weighted by atomic mass is 10.1. The van der Waals surface area contributed by atoms with Gasteiger partial charge in [-0.05, 0) is 32.0 Å². The lowest BCUT2D eigenvalue weighted by molar-refractivity contribution is 0.563. The third-order valence-corrected chi connectivity index (χ3v) is 4.04. The summed E-state index contributed by atoms with van der Waals surface area (Å²) in [5.74, 6) is 0.265. The zero-order valence-electron chi connectivity index (χ0n) is 13.9. The van der Waals surface area contributed by atoms with Gasteiger partial charge in [0.2, 0.25) is 0 Å². The molecular formula is C19H15N3O3. The van der Waals surface area contributed by atoms with E-state index in [1.807, 2.05) is 18.2 Å². The van der Waals surface area contributed by atoms with Gasteiger partial charge in [-0.15, -0.1) is 0 Å². The molecule has 3 aromatic rings. The standard InChI is InChI=1S/C19H15N3O3/c1-3-22(4-2)13-5-6-15-17(8-13)25-19(23)16-9-14(24-18(15)16)7-12(10-20)11-21/h5-9H,3-4H2,1-2H3. The second kappa shape index (κ2) is 6.54. The third-order valence-electron chi connectivity index (χ3n) is 4.04. The maximum absolute atomic E-state index is 12.3. The van der Waals surface area contributed by atoms with E-state index in [0.29, 0.717) is 16.6 Å². The Morgan fingerprint density at radius 2 is 1.84 bits per heavy atom. The highest BCUT2D eigenvalue weighted by atomic mass is 16.4. The van der Waals surface area contributed by atoms with E-state index in [1.165, 1.54) is 12.1 Å². The van der Waals surface area contributed by atoms with Crippen LogP contribution in [0, 0.1) is 22.7 Å². The van der Waals surface area contributed by atoms with Gasteiger partial charge in [0.1, 0.15) is 34.4 Å². The van der Waals surface area contributed by atoms with Crippen LogP contribution in [0.3, 0.4) is 0 Å². The van der Waals surface area contributed by atoms with Gasteiger partial charge < -0.3 is 13.7 Å². The molecule has 0 spiro atoms. The highest BCUT2D eigenvalue weighted by Crippen LogP contribution is 2.29. The first-order chi connectivity index (χ1) is 12.1. The molecule has 3 rings (SSSR count). The lowest BCUT2D eigenvalue weighted by Crippen LogP contribution is -2.21. The highest BCUT2D eigenvalue weighted by Gasteiger charge is 2.14. The molecular weight excluding hydrogens is 318 g/mol. The minimum atomic E-state index is -0.516. The van der Waals surface area contributed by atoms with E-state index >= 15 is 0 Å². The van der Waals surface area contributed by atoms with Crippen molar-refractivity contribution in [2.45, 2.75) is 13.8 Å². The number of allylic oxidation sites excluding steroid dienone is 1. The monoisotopic (exact) mass is 333 g/mol. The van der Waals surface area contributed by atoms with Crippen molar-refractivity contribution < 1.29 is 8.83 Å². The first kappa shape index (κ1) is 16.4. The Morgan fingerprint density at radius 1 is 1.12 bits per heavy atom. The maximum Gasteiger partial charge on any atom is 0.347 e. The van der Waals surface area contributed by atoms with E-state index in [9.17, 15) is 4.79 Å². The molecule has 2 heterocycles. The first-order valence-electron chi connectivity index (χ1n) is 7.88. The van der Waals surface area contributed by atoms with Crippen LogP contribution in [0.4, 0.5) is 5.69 Å². The number of nitrogens with zero attached hydrogens (tertiary/aromatic N) is 3. The van der Waals surface area contributed by atoms with E-state index in [0.717, 1.165) is 18.8 Å². The van der Waals surface area contributed by atoms with Crippen LogP contribution in [0.15, 0.2) is 43.5 Å². The average molecular weight is 333 g/mol. The summed E-state index contributed by atoms with van der Waals surface area (Å²) in [6.45, 7) is 5.80. The number of hydrogen-bond donors (Lipinski definition) is 0. The summed E-state index contributed by atoms with van der Waals surface area (Å²) in [6.07, 6.45) is 1.30. The SMILES string of the molecule is CCN(CC)c1ccc2c(c1)oc(=O)c1cc(C=C(C#N)C#N)oc12. The maximum atomic E-state index is 12.3. The first-order valence-corrected chi connectivity index (χ1v) is 7.88. The van der Waals surface area contributed by atoms with Crippen LogP contribution in [-0.4, -0.2) is 13.1 Å². The molecule has 1 aromatic carbocycles. The Balaban J connectivity index is 2.23. The van der Waals surface area contributed by atoms with Gasteiger partial charge in [0.25, 0.3) is 0 Å². The molecule has 0 atom stereocenters. The largest absolute Gasteiger partial charge is 0.456 e. The van der Waals surface area contributed by atoms with E-state index in [2.05, 4.69) is 18.7 Å². The Bertz CT molecular complexity index is 1100. The molecule has 0 saturated carbocycles. The van der Waals surface area contributed by atoms with Gasteiger partial charge in [-0.3, -0.25) is 0 Å².